The Hall–Kier alpha value is -0.540. The third-order valence-corrected chi connectivity index (χ3v) is 3.98. The van der Waals surface area contributed by atoms with Crippen LogP contribution in [0.2, 0.25) is 5.02 Å². The van der Waals surface area contributed by atoms with Crippen molar-refractivity contribution in [1.82, 2.24) is 0 Å². The Bertz CT molecular complexity index is 425. The maximum absolute atomic E-state index is 12.4. The fourth-order valence-electron chi connectivity index (χ4n) is 1.25. The van der Waals surface area contributed by atoms with Crippen LogP contribution in [0.5, 0.6) is 5.75 Å². The van der Waals surface area contributed by atoms with E-state index in [2.05, 4.69) is 0 Å². The summed E-state index contributed by atoms with van der Waals surface area (Å²) in [7, 11) is -3.60. The van der Waals surface area contributed by atoms with Gasteiger partial charge in [-0.15, -0.1) is 0 Å². The molecule has 19 heavy (non-hydrogen) atoms. The molecule has 0 aromatic heterocycles. The Morgan fingerprint density at radius 2 is 1.79 bits per heavy atom. The molecule has 1 unspecified atom stereocenters. The molecule has 0 fully saturated rings. The van der Waals surface area contributed by atoms with E-state index in [-0.39, 0.29) is 0 Å². The highest BCUT2D eigenvalue weighted by Crippen LogP contribution is 2.51. The van der Waals surface area contributed by atoms with Crippen LogP contribution in [0.15, 0.2) is 24.3 Å². The van der Waals surface area contributed by atoms with Gasteiger partial charge in [-0.2, -0.15) is 0 Å². The zero-order chi connectivity index (χ0) is 14.1. The number of rotatable bonds is 9. The molecule has 0 bridgehead atoms. The van der Waals surface area contributed by atoms with E-state index >= 15 is 0 Å². The summed E-state index contributed by atoms with van der Waals surface area (Å²) in [6.07, 6.45) is 2.47. The molecule has 0 N–H and O–H groups in total. The summed E-state index contributed by atoms with van der Waals surface area (Å²) in [5, 5.41) is 0.377. The van der Waals surface area contributed by atoms with Crippen molar-refractivity contribution in [2.24, 2.45) is 0 Å². The first-order chi connectivity index (χ1) is 9.11. The molecule has 1 aromatic rings. The largest absolute Gasteiger partial charge is 0.530 e. The normalized spacial score (nSPS) is 14.1. The number of hydrogen-bond donors (Lipinski definition) is 0. The van der Waals surface area contributed by atoms with Crippen LogP contribution in [0.25, 0.3) is 0 Å². The number of benzene rings is 1. The standard InChI is InChI=1S/C13H20ClO4P/c1-3-5-11-17-19(15,16-10-4-2)18-13-9-7-6-8-12(13)14/h6-9H,3-5,10-11H2,1-2H3. The molecule has 1 atom stereocenters. The minimum atomic E-state index is -3.60. The zero-order valence-electron chi connectivity index (χ0n) is 11.3. The highest BCUT2D eigenvalue weighted by Gasteiger charge is 2.28. The predicted molar refractivity (Wildman–Crippen MR) is 76.8 cm³/mol. The van der Waals surface area contributed by atoms with E-state index in [4.69, 9.17) is 25.2 Å². The molecule has 0 aliphatic rings. The smallest absolute Gasteiger partial charge is 0.402 e. The SMILES string of the molecule is CCCCOP(=O)(OCCC)Oc1ccccc1Cl. The lowest BCUT2D eigenvalue weighted by Crippen LogP contribution is -2.04. The van der Waals surface area contributed by atoms with Gasteiger partial charge in [0.25, 0.3) is 0 Å². The highest BCUT2D eigenvalue weighted by molar-refractivity contribution is 7.48. The summed E-state index contributed by atoms with van der Waals surface area (Å²) in [6.45, 7) is 4.60. The Balaban J connectivity index is 2.73. The molecule has 108 valence electrons. The second kappa shape index (κ2) is 8.60. The number of phosphoric acid groups is 1. The van der Waals surface area contributed by atoms with E-state index < -0.39 is 7.82 Å². The summed E-state index contributed by atoms with van der Waals surface area (Å²) < 4.78 is 28.3. The lowest BCUT2D eigenvalue weighted by molar-refractivity contribution is 0.154. The highest BCUT2D eigenvalue weighted by atomic mass is 35.5. The van der Waals surface area contributed by atoms with Crippen molar-refractivity contribution in [2.75, 3.05) is 13.2 Å². The quantitative estimate of drug-likeness (QED) is 0.472. The van der Waals surface area contributed by atoms with Crippen molar-refractivity contribution in [3.8, 4) is 5.75 Å². The second-order valence-electron chi connectivity index (χ2n) is 3.99. The maximum Gasteiger partial charge on any atom is 0.530 e. The molecule has 6 heteroatoms. The van der Waals surface area contributed by atoms with Gasteiger partial charge in [0.15, 0.2) is 0 Å². The molecule has 0 heterocycles. The Morgan fingerprint density at radius 1 is 1.11 bits per heavy atom. The van der Waals surface area contributed by atoms with Crippen molar-refractivity contribution >= 4 is 19.4 Å². The van der Waals surface area contributed by atoms with Crippen LogP contribution < -0.4 is 4.52 Å². The van der Waals surface area contributed by atoms with Crippen molar-refractivity contribution < 1.29 is 18.1 Å². The zero-order valence-corrected chi connectivity index (χ0v) is 13.0. The number of hydrogen-bond acceptors (Lipinski definition) is 4. The van der Waals surface area contributed by atoms with Gasteiger partial charge in [0.05, 0.1) is 18.2 Å². The van der Waals surface area contributed by atoms with Crippen LogP contribution in [0.3, 0.4) is 0 Å². The van der Waals surface area contributed by atoms with Gasteiger partial charge in [-0.05, 0) is 25.0 Å². The summed E-state index contributed by atoms with van der Waals surface area (Å²) >= 11 is 5.97. The van der Waals surface area contributed by atoms with Gasteiger partial charge in [0.1, 0.15) is 5.75 Å². The summed E-state index contributed by atoms with van der Waals surface area (Å²) in [6, 6.07) is 6.81. The lowest BCUT2D eigenvalue weighted by Gasteiger charge is -2.18. The van der Waals surface area contributed by atoms with E-state index in [0.29, 0.717) is 24.0 Å². The average Bonchev–Trinajstić information content (AvgIpc) is 2.40. The van der Waals surface area contributed by atoms with Gasteiger partial charge in [-0.1, -0.05) is 44.0 Å². The molecule has 0 saturated heterocycles. The Morgan fingerprint density at radius 3 is 2.42 bits per heavy atom. The van der Waals surface area contributed by atoms with E-state index in [9.17, 15) is 4.57 Å². The molecule has 0 amide bonds. The first-order valence-corrected chi connectivity index (χ1v) is 8.28. The molecule has 1 rings (SSSR count). The van der Waals surface area contributed by atoms with E-state index in [1.165, 1.54) is 0 Å². The molecular formula is C13H20ClO4P. The van der Waals surface area contributed by atoms with E-state index in [1.807, 2.05) is 13.8 Å². The second-order valence-corrected chi connectivity index (χ2v) is 5.99. The van der Waals surface area contributed by atoms with Gasteiger partial charge in [0, 0.05) is 0 Å². The molecular weight excluding hydrogens is 287 g/mol. The fraction of sp³-hybridized carbons (Fsp3) is 0.538. The van der Waals surface area contributed by atoms with Crippen LogP contribution in [0.4, 0.5) is 0 Å². The van der Waals surface area contributed by atoms with Crippen molar-refractivity contribution in [3.63, 3.8) is 0 Å². The van der Waals surface area contributed by atoms with Crippen molar-refractivity contribution in [1.29, 1.82) is 0 Å². The lowest BCUT2D eigenvalue weighted by atomic mass is 10.3. The number of phosphoric ester groups is 1. The van der Waals surface area contributed by atoms with Crippen molar-refractivity contribution in [3.05, 3.63) is 29.3 Å². The third kappa shape index (κ3) is 5.96. The topological polar surface area (TPSA) is 44.8 Å². The predicted octanol–water partition coefficient (Wildman–Crippen LogP) is 5.07. The Labute approximate surface area is 119 Å². The first-order valence-electron chi connectivity index (χ1n) is 6.44. The van der Waals surface area contributed by atoms with Crippen LogP contribution in [0, 0.1) is 0 Å². The first kappa shape index (κ1) is 16.5. The number of unbranched alkanes of at least 4 members (excludes halogenated alkanes) is 1. The minimum absolute atomic E-state index is 0.306. The minimum Gasteiger partial charge on any atom is -0.402 e. The molecule has 0 aliphatic heterocycles. The van der Waals surface area contributed by atoms with Gasteiger partial charge >= 0.3 is 7.82 Å². The van der Waals surface area contributed by atoms with Crippen LogP contribution in [-0.2, 0) is 13.6 Å². The Kier molecular flexibility index (Phi) is 7.47. The van der Waals surface area contributed by atoms with Crippen LogP contribution in [-0.4, -0.2) is 13.2 Å². The molecule has 1 aromatic carbocycles. The number of halogens is 1. The van der Waals surface area contributed by atoms with Gasteiger partial charge in [-0.25, -0.2) is 4.57 Å². The van der Waals surface area contributed by atoms with E-state index in [1.54, 1.807) is 24.3 Å². The molecule has 4 nitrogen and oxygen atoms in total. The van der Waals surface area contributed by atoms with Gasteiger partial charge in [0.2, 0.25) is 0 Å². The van der Waals surface area contributed by atoms with Gasteiger partial charge < -0.3 is 4.52 Å². The molecule has 0 saturated carbocycles. The average molecular weight is 307 g/mol. The van der Waals surface area contributed by atoms with E-state index in [0.717, 1.165) is 19.3 Å². The molecule has 0 aliphatic carbocycles. The summed E-state index contributed by atoms with van der Waals surface area (Å²) in [5.74, 6) is 0.306. The van der Waals surface area contributed by atoms with Crippen molar-refractivity contribution in [2.45, 2.75) is 33.1 Å². The van der Waals surface area contributed by atoms with Crippen LogP contribution in [0.1, 0.15) is 33.1 Å². The molecule has 0 spiro atoms. The third-order valence-electron chi connectivity index (χ3n) is 2.25. The maximum atomic E-state index is 12.4. The fourth-order valence-corrected chi connectivity index (χ4v) is 2.82. The van der Waals surface area contributed by atoms with Crippen LogP contribution >= 0.6 is 19.4 Å². The molecule has 0 radical (unpaired) electrons. The van der Waals surface area contributed by atoms with Gasteiger partial charge in [-0.3, -0.25) is 9.05 Å². The number of para-hydroxylation sites is 1. The summed E-state index contributed by atoms with van der Waals surface area (Å²) in [4.78, 5) is 0. The monoisotopic (exact) mass is 306 g/mol. The summed E-state index contributed by atoms with van der Waals surface area (Å²) in [5.41, 5.74) is 0.